The summed E-state index contributed by atoms with van der Waals surface area (Å²) in [5.41, 5.74) is 3.45. The van der Waals surface area contributed by atoms with Crippen LogP contribution in [0, 0.1) is 6.92 Å². The summed E-state index contributed by atoms with van der Waals surface area (Å²) < 4.78 is 30.0. The van der Waals surface area contributed by atoms with Crippen LogP contribution in [0.1, 0.15) is 42.8 Å². The third-order valence-electron chi connectivity index (χ3n) is 5.83. The number of methoxy groups -OCH3 is 1. The van der Waals surface area contributed by atoms with Gasteiger partial charge >= 0.3 is 5.97 Å². The molecule has 2 heterocycles. The summed E-state index contributed by atoms with van der Waals surface area (Å²) in [6.45, 7) is 7.14. The summed E-state index contributed by atoms with van der Waals surface area (Å²) in [7, 11) is 1.61. The summed E-state index contributed by atoms with van der Waals surface area (Å²) in [4.78, 5) is 16.4. The van der Waals surface area contributed by atoms with Crippen LogP contribution in [0.4, 0.5) is 0 Å². The Bertz CT molecular complexity index is 1350. The third-order valence-corrected chi connectivity index (χ3v) is 5.83. The molecule has 0 spiro atoms. The van der Waals surface area contributed by atoms with Gasteiger partial charge in [-0.3, -0.25) is 9.48 Å². The zero-order valence-corrected chi connectivity index (χ0v) is 22.2. The van der Waals surface area contributed by atoms with Gasteiger partial charge in [0.1, 0.15) is 18.1 Å². The molecule has 2 aromatic carbocycles. The van der Waals surface area contributed by atoms with Crippen LogP contribution in [-0.2, 0) is 29.1 Å². The van der Waals surface area contributed by atoms with E-state index in [9.17, 15) is 4.79 Å². The largest absolute Gasteiger partial charge is 0.493 e. The minimum atomic E-state index is -0.238. The molecule has 200 valence electrons. The molecular formula is C29H33N3O6. The Morgan fingerprint density at radius 3 is 2.58 bits per heavy atom. The first kappa shape index (κ1) is 26.8. The van der Waals surface area contributed by atoms with Gasteiger partial charge in [0.25, 0.3) is 0 Å². The van der Waals surface area contributed by atoms with E-state index in [0.29, 0.717) is 55.2 Å². The molecule has 0 bridgehead atoms. The number of hydrogen-bond donors (Lipinski definition) is 0. The second-order valence-corrected chi connectivity index (χ2v) is 8.56. The molecule has 38 heavy (non-hydrogen) atoms. The maximum Gasteiger partial charge on any atom is 0.306 e. The van der Waals surface area contributed by atoms with E-state index in [1.165, 1.54) is 0 Å². The van der Waals surface area contributed by atoms with Crippen molar-refractivity contribution in [3.8, 4) is 28.8 Å². The highest BCUT2D eigenvalue weighted by atomic mass is 16.5. The van der Waals surface area contributed by atoms with Crippen molar-refractivity contribution in [2.24, 2.45) is 0 Å². The van der Waals surface area contributed by atoms with Crippen molar-refractivity contribution < 1.29 is 28.2 Å². The lowest BCUT2D eigenvalue weighted by Gasteiger charge is -2.12. The topological polar surface area (TPSA) is 97.8 Å². The zero-order chi connectivity index (χ0) is 26.9. The van der Waals surface area contributed by atoms with Crippen LogP contribution in [0.2, 0.25) is 0 Å². The first-order chi connectivity index (χ1) is 18.5. The maximum atomic E-state index is 11.8. The predicted molar refractivity (Wildman–Crippen MR) is 141 cm³/mol. The summed E-state index contributed by atoms with van der Waals surface area (Å²) in [5, 5.41) is 4.58. The van der Waals surface area contributed by atoms with Crippen LogP contribution in [0.25, 0.3) is 11.5 Å². The van der Waals surface area contributed by atoms with Gasteiger partial charge in [0.15, 0.2) is 11.5 Å². The minimum Gasteiger partial charge on any atom is -0.493 e. The molecule has 9 heteroatoms. The van der Waals surface area contributed by atoms with E-state index in [2.05, 4.69) is 10.1 Å². The third kappa shape index (κ3) is 6.73. The van der Waals surface area contributed by atoms with Gasteiger partial charge in [0.05, 0.1) is 26.9 Å². The van der Waals surface area contributed by atoms with Gasteiger partial charge in [-0.25, -0.2) is 4.98 Å². The Morgan fingerprint density at radius 1 is 1.03 bits per heavy atom. The number of aromatic nitrogens is 3. The number of esters is 1. The Hall–Kier alpha value is -4.27. The zero-order valence-electron chi connectivity index (χ0n) is 22.2. The Balaban J connectivity index is 1.47. The SMILES string of the molecule is CCOC(=O)CCc1cn(Cc2ccc(OC)c(OCc3nc(-c4ccccc4)oc3C)c2)nc1OCC. The standard InChI is InChI=1S/C29H33N3O6/c1-5-35-27(33)15-13-23-18-32(31-29(23)36-6-2)17-21-12-14-25(34-4)26(16-21)37-19-24-20(3)38-28(30-24)22-10-8-7-9-11-22/h7-12,14,16,18H,5-6,13,15,17,19H2,1-4H3. The molecule has 0 amide bonds. The Kier molecular flexibility index (Phi) is 9.02. The van der Waals surface area contributed by atoms with Crippen LogP contribution in [0.3, 0.4) is 0 Å². The first-order valence-corrected chi connectivity index (χ1v) is 12.7. The highest BCUT2D eigenvalue weighted by Crippen LogP contribution is 2.30. The number of carbonyl (C=O) groups is 1. The summed E-state index contributed by atoms with van der Waals surface area (Å²) in [6.07, 6.45) is 2.67. The number of oxazole rings is 1. The Morgan fingerprint density at radius 2 is 1.84 bits per heavy atom. The molecule has 0 atom stereocenters. The molecule has 0 radical (unpaired) electrons. The van der Waals surface area contributed by atoms with Gasteiger partial charge in [0, 0.05) is 23.7 Å². The number of aryl methyl sites for hydroxylation is 2. The van der Waals surface area contributed by atoms with Gasteiger partial charge in [0.2, 0.25) is 11.8 Å². The van der Waals surface area contributed by atoms with E-state index in [-0.39, 0.29) is 19.0 Å². The number of carbonyl (C=O) groups excluding carboxylic acids is 1. The van der Waals surface area contributed by atoms with Crippen molar-refractivity contribution in [2.75, 3.05) is 20.3 Å². The van der Waals surface area contributed by atoms with Gasteiger partial charge < -0.3 is 23.4 Å². The molecule has 0 aliphatic rings. The summed E-state index contributed by atoms with van der Waals surface area (Å²) in [6, 6.07) is 15.5. The second-order valence-electron chi connectivity index (χ2n) is 8.56. The minimum absolute atomic E-state index is 0.232. The highest BCUT2D eigenvalue weighted by Gasteiger charge is 2.16. The molecule has 0 fully saturated rings. The average molecular weight is 520 g/mol. The van der Waals surface area contributed by atoms with Crippen molar-refractivity contribution in [1.82, 2.24) is 14.8 Å². The van der Waals surface area contributed by atoms with E-state index >= 15 is 0 Å². The molecule has 2 aromatic heterocycles. The van der Waals surface area contributed by atoms with E-state index in [0.717, 1.165) is 22.4 Å². The number of rotatable bonds is 13. The number of benzene rings is 2. The maximum absolute atomic E-state index is 11.8. The molecule has 0 saturated carbocycles. The van der Waals surface area contributed by atoms with E-state index in [4.69, 9.17) is 23.4 Å². The molecule has 4 aromatic rings. The lowest BCUT2D eigenvalue weighted by atomic mass is 10.2. The van der Waals surface area contributed by atoms with Crippen LogP contribution in [0.5, 0.6) is 17.4 Å². The van der Waals surface area contributed by atoms with Crippen molar-refractivity contribution in [3.63, 3.8) is 0 Å². The van der Waals surface area contributed by atoms with E-state index in [1.54, 1.807) is 18.7 Å². The second kappa shape index (κ2) is 12.8. The van der Waals surface area contributed by atoms with Crippen LogP contribution >= 0.6 is 0 Å². The number of nitrogens with zero attached hydrogens (tertiary/aromatic N) is 3. The van der Waals surface area contributed by atoms with Crippen LogP contribution < -0.4 is 14.2 Å². The van der Waals surface area contributed by atoms with E-state index < -0.39 is 0 Å². The fraction of sp³-hybridized carbons (Fsp3) is 0.345. The molecular weight excluding hydrogens is 486 g/mol. The molecule has 0 aliphatic heterocycles. The lowest BCUT2D eigenvalue weighted by molar-refractivity contribution is -0.143. The quantitative estimate of drug-likeness (QED) is 0.217. The Labute approximate surface area is 222 Å². The summed E-state index contributed by atoms with van der Waals surface area (Å²) in [5.74, 6) is 2.76. The summed E-state index contributed by atoms with van der Waals surface area (Å²) >= 11 is 0. The molecule has 0 N–H and O–H groups in total. The van der Waals surface area contributed by atoms with E-state index in [1.807, 2.05) is 68.6 Å². The molecule has 0 aliphatic carbocycles. The fourth-order valence-electron chi connectivity index (χ4n) is 3.96. The predicted octanol–water partition coefficient (Wildman–Crippen LogP) is 5.38. The molecule has 0 unspecified atom stereocenters. The van der Waals surface area contributed by atoms with Crippen molar-refractivity contribution in [1.29, 1.82) is 0 Å². The lowest BCUT2D eigenvalue weighted by Crippen LogP contribution is -2.05. The fourth-order valence-corrected chi connectivity index (χ4v) is 3.96. The first-order valence-electron chi connectivity index (χ1n) is 12.7. The molecule has 4 rings (SSSR count). The highest BCUT2D eigenvalue weighted by molar-refractivity contribution is 5.69. The van der Waals surface area contributed by atoms with Gasteiger partial charge in [-0.05, 0) is 57.0 Å². The smallest absolute Gasteiger partial charge is 0.306 e. The van der Waals surface area contributed by atoms with Crippen molar-refractivity contribution in [2.45, 2.75) is 46.8 Å². The van der Waals surface area contributed by atoms with Crippen LogP contribution in [-0.4, -0.2) is 41.1 Å². The van der Waals surface area contributed by atoms with Gasteiger partial charge in [-0.2, -0.15) is 0 Å². The van der Waals surface area contributed by atoms with Crippen LogP contribution in [0.15, 0.2) is 59.1 Å². The average Bonchev–Trinajstić information content (AvgIpc) is 3.49. The number of hydrogen-bond acceptors (Lipinski definition) is 8. The monoisotopic (exact) mass is 519 g/mol. The van der Waals surface area contributed by atoms with Gasteiger partial charge in [-0.15, -0.1) is 5.10 Å². The van der Waals surface area contributed by atoms with Crippen molar-refractivity contribution in [3.05, 3.63) is 77.3 Å². The van der Waals surface area contributed by atoms with Gasteiger partial charge in [-0.1, -0.05) is 24.3 Å². The molecule has 0 saturated heterocycles. The number of ether oxygens (including phenoxy) is 4. The molecule has 9 nitrogen and oxygen atoms in total. The normalized spacial score (nSPS) is 10.8. The van der Waals surface area contributed by atoms with Crippen molar-refractivity contribution >= 4 is 5.97 Å².